The van der Waals surface area contributed by atoms with Gasteiger partial charge in [-0.2, -0.15) is 0 Å². The summed E-state index contributed by atoms with van der Waals surface area (Å²) < 4.78 is 2.28. The standard InChI is InChI=1S/C15H21ClN2/c1-2-3-4-8-17-9-11-18-10-7-13-12-14(16)5-6-15(13)18/h5-7,10,12,17H,2-4,8-9,11H2,1H3. The fourth-order valence-corrected chi connectivity index (χ4v) is 2.37. The molecule has 0 radical (unpaired) electrons. The molecule has 3 heteroatoms. The molecule has 0 spiro atoms. The highest BCUT2D eigenvalue weighted by atomic mass is 35.5. The molecule has 0 saturated heterocycles. The van der Waals surface area contributed by atoms with Crippen LogP contribution in [-0.4, -0.2) is 17.7 Å². The van der Waals surface area contributed by atoms with Crippen LogP contribution in [0.4, 0.5) is 0 Å². The molecule has 0 aliphatic heterocycles. The van der Waals surface area contributed by atoms with E-state index in [0.29, 0.717) is 0 Å². The summed E-state index contributed by atoms with van der Waals surface area (Å²) in [6.45, 7) is 5.39. The van der Waals surface area contributed by atoms with E-state index in [1.807, 2.05) is 12.1 Å². The smallest absolute Gasteiger partial charge is 0.0481 e. The van der Waals surface area contributed by atoms with Crippen molar-refractivity contribution in [2.75, 3.05) is 13.1 Å². The minimum absolute atomic E-state index is 0.804. The third-order valence-corrected chi connectivity index (χ3v) is 3.45. The van der Waals surface area contributed by atoms with Crippen molar-refractivity contribution in [1.82, 2.24) is 9.88 Å². The van der Waals surface area contributed by atoms with Gasteiger partial charge < -0.3 is 9.88 Å². The first-order valence-corrected chi connectivity index (χ1v) is 7.14. The van der Waals surface area contributed by atoms with Gasteiger partial charge in [0.1, 0.15) is 0 Å². The van der Waals surface area contributed by atoms with Crippen molar-refractivity contribution in [1.29, 1.82) is 0 Å². The van der Waals surface area contributed by atoms with E-state index in [-0.39, 0.29) is 0 Å². The van der Waals surface area contributed by atoms with Crippen molar-refractivity contribution in [3.8, 4) is 0 Å². The monoisotopic (exact) mass is 264 g/mol. The molecule has 0 aliphatic rings. The molecule has 0 saturated carbocycles. The number of rotatable bonds is 7. The molecule has 1 aromatic heterocycles. The summed E-state index contributed by atoms with van der Waals surface area (Å²) in [5, 5.41) is 5.51. The predicted octanol–water partition coefficient (Wildman–Crippen LogP) is 4.07. The zero-order valence-electron chi connectivity index (χ0n) is 11.0. The summed E-state index contributed by atoms with van der Waals surface area (Å²) in [6.07, 6.45) is 6.01. The molecule has 0 atom stereocenters. The average molecular weight is 265 g/mol. The van der Waals surface area contributed by atoms with Gasteiger partial charge in [0, 0.05) is 35.2 Å². The molecule has 0 amide bonds. The Hall–Kier alpha value is -0.990. The predicted molar refractivity (Wildman–Crippen MR) is 79.3 cm³/mol. The molecule has 18 heavy (non-hydrogen) atoms. The summed E-state index contributed by atoms with van der Waals surface area (Å²) in [6, 6.07) is 8.18. The van der Waals surface area contributed by atoms with Gasteiger partial charge in [0.05, 0.1) is 0 Å². The highest BCUT2D eigenvalue weighted by molar-refractivity contribution is 6.31. The molecule has 1 N–H and O–H groups in total. The first-order chi connectivity index (χ1) is 8.81. The number of unbranched alkanes of at least 4 members (excludes halogenated alkanes) is 2. The quantitative estimate of drug-likeness (QED) is 0.746. The number of aromatic nitrogens is 1. The molecule has 1 heterocycles. The van der Waals surface area contributed by atoms with Gasteiger partial charge in [0.25, 0.3) is 0 Å². The van der Waals surface area contributed by atoms with Crippen molar-refractivity contribution < 1.29 is 0 Å². The fraction of sp³-hybridized carbons (Fsp3) is 0.467. The molecule has 2 nitrogen and oxygen atoms in total. The maximum absolute atomic E-state index is 5.98. The Kier molecular flexibility index (Phi) is 5.09. The SMILES string of the molecule is CCCCCNCCn1ccc2cc(Cl)ccc21. The molecule has 2 rings (SSSR count). The van der Waals surface area contributed by atoms with Crippen LogP contribution >= 0.6 is 11.6 Å². The number of nitrogens with one attached hydrogen (secondary N) is 1. The average Bonchev–Trinajstić information content (AvgIpc) is 2.76. The zero-order valence-corrected chi connectivity index (χ0v) is 11.7. The Morgan fingerprint density at radius 2 is 2.06 bits per heavy atom. The van der Waals surface area contributed by atoms with Crippen LogP contribution in [-0.2, 0) is 6.54 Å². The minimum Gasteiger partial charge on any atom is -0.346 e. The molecule has 2 aromatic rings. The second kappa shape index (κ2) is 6.81. The van der Waals surface area contributed by atoms with Gasteiger partial charge in [-0.1, -0.05) is 31.4 Å². The normalized spacial score (nSPS) is 11.2. The van der Waals surface area contributed by atoms with Crippen LogP contribution in [0.2, 0.25) is 5.02 Å². The van der Waals surface area contributed by atoms with Crippen molar-refractivity contribution in [2.45, 2.75) is 32.7 Å². The van der Waals surface area contributed by atoms with Gasteiger partial charge in [0.2, 0.25) is 0 Å². The van der Waals surface area contributed by atoms with Gasteiger partial charge in [-0.05, 0) is 37.2 Å². The molecule has 0 aliphatic carbocycles. The third-order valence-electron chi connectivity index (χ3n) is 3.22. The number of hydrogen-bond acceptors (Lipinski definition) is 1. The second-order valence-electron chi connectivity index (χ2n) is 4.67. The summed E-state index contributed by atoms with van der Waals surface area (Å²) in [7, 11) is 0. The van der Waals surface area contributed by atoms with Crippen LogP contribution in [0.5, 0.6) is 0 Å². The summed E-state index contributed by atoms with van der Waals surface area (Å²) in [5.41, 5.74) is 1.26. The number of fused-ring (bicyclic) bond motifs is 1. The van der Waals surface area contributed by atoms with Crippen molar-refractivity contribution in [3.05, 3.63) is 35.5 Å². The van der Waals surface area contributed by atoms with Crippen LogP contribution in [0.1, 0.15) is 26.2 Å². The highest BCUT2D eigenvalue weighted by Gasteiger charge is 2.00. The van der Waals surface area contributed by atoms with E-state index < -0.39 is 0 Å². The molecule has 98 valence electrons. The van der Waals surface area contributed by atoms with E-state index in [0.717, 1.165) is 24.7 Å². The van der Waals surface area contributed by atoms with Crippen LogP contribution < -0.4 is 5.32 Å². The maximum Gasteiger partial charge on any atom is 0.0481 e. The third kappa shape index (κ3) is 3.50. The number of halogens is 1. The number of nitrogens with zero attached hydrogens (tertiary/aromatic N) is 1. The van der Waals surface area contributed by atoms with E-state index in [4.69, 9.17) is 11.6 Å². The summed E-state index contributed by atoms with van der Waals surface area (Å²) in [4.78, 5) is 0. The lowest BCUT2D eigenvalue weighted by Crippen LogP contribution is -2.20. The Morgan fingerprint density at radius 3 is 2.89 bits per heavy atom. The van der Waals surface area contributed by atoms with Crippen molar-refractivity contribution in [2.24, 2.45) is 0 Å². The molecule has 0 unspecified atom stereocenters. The Morgan fingerprint density at radius 1 is 1.17 bits per heavy atom. The van der Waals surface area contributed by atoms with E-state index in [2.05, 4.69) is 35.1 Å². The Balaban J connectivity index is 1.84. The van der Waals surface area contributed by atoms with E-state index in [1.165, 1.54) is 30.2 Å². The van der Waals surface area contributed by atoms with Gasteiger partial charge in [-0.25, -0.2) is 0 Å². The van der Waals surface area contributed by atoms with E-state index >= 15 is 0 Å². The van der Waals surface area contributed by atoms with Gasteiger partial charge in [-0.3, -0.25) is 0 Å². The maximum atomic E-state index is 5.98. The van der Waals surface area contributed by atoms with Crippen molar-refractivity contribution in [3.63, 3.8) is 0 Å². The van der Waals surface area contributed by atoms with Crippen LogP contribution in [0, 0.1) is 0 Å². The lowest BCUT2D eigenvalue weighted by Gasteiger charge is -2.07. The highest BCUT2D eigenvalue weighted by Crippen LogP contribution is 2.20. The van der Waals surface area contributed by atoms with Crippen molar-refractivity contribution >= 4 is 22.5 Å². The number of hydrogen-bond donors (Lipinski definition) is 1. The first-order valence-electron chi connectivity index (χ1n) is 6.76. The lowest BCUT2D eigenvalue weighted by atomic mass is 10.2. The largest absolute Gasteiger partial charge is 0.346 e. The first kappa shape index (κ1) is 13.4. The second-order valence-corrected chi connectivity index (χ2v) is 5.11. The molecular formula is C15H21ClN2. The zero-order chi connectivity index (χ0) is 12.8. The van der Waals surface area contributed by atoms with Crippen LogP contribution in [0.3, 0.4) is 0 Å². The van der Waals surface area contributed by atoms with Crippen LogP contribution in [0.25, 0.3) is 10.9 Å². The van der Waals surface area contributed by atoms with Gasteiger partial charge in [0.15, 0.2) is 0 Å². The van der Waals surface area contributed by atoms with Gasteiger partial charge in [-0.15, -0.1) is 0 Å². The fourth-order valence-electron chi connectivity index (χ4n) is 2.19. The van der Waals surface area contributed by atoms with Gasteiger partial charge >= 0.3 is 0 Å². The number of benzene rings is 1. The molecule has 0 bridgehead atoms. The molecular weight excluding hydrogens is 244 g/mol. The summed E-state index contributed by atoms with van der Waals surface area (Å²) in [5.74, 6) is 0. The molecule has 0 fully saturated rings. The van der Waals surface area contributed by atoms with E-state index in [1.54, 1.807) is 0 Å². The minimum atomic E-state index is 0.804. The summed E-state index contributed by atoms with van der Waals surface area (Å²) >= 11 is 5.98. The Bertz CT molecular complexity index is 490. The van der Waals surface area contributed by atoms with Crippen LogP contribution in [0.15, 0.2) is 30.5 Å². The molecule has 1 aromatic carbocycles. The lowest BCUT2D eigenvalue weighted by molar-refractivity contribution is 0.576. The van der Waals surface area contributed by atoms with E-state index in [9.17, 15) is 0 Å². The topological polar surface area (TPSA) is 17.0 Å². The Labute approximate surface area is 114 Å².